The second kappa shape index (κ2) is 6.00. The zero-order chi connectivity index (χ0) is 10.3. The summed E-state index contributed by atoms with van der Waals surface area (Å²) in [6, 6.07) is 9.19. The minimum atomic E-state index is -0.781. The van der Waals surface area contributed by atoms with Gasteiger partial charge < -0.3 is 5.11 Å². The molecule has 1 aromatic rings. The molecule has 0 spiro atoms. The lowest BCUT2D eigenvalue weighted by atomic mass is 10.0. The summed E-state index contributed by atoms with van der Waals surface area (Å²) in [5.41, 5.74) is 0.847. The van der Waals surface area contributed by atoms with Gasteiger partial charge in [-0.05, 0) is 12.5 Å². The van der Waals surface area contributed by atoms with E-state index in [1.54, 1.807) is 6.92 Å². The largest absolute Gasteiger partial charge is 0.481 e. The molecule has 1 N–H and O–H groups in total. The zero-order valence-electron chi connectivity index (χ0n) is 7.73. The van der Waals surface area contributed by atoms with Crippen molar-refractivity contribution in [1.82, 2.24) is 0 Å². The van der Waals surface area contributed by atoms with Crippen molar-refractivity contribution in [2.24, 2.45) is 0 Å². The molecule has 1 aromatic carbocycles. The Hall–Kier alpha value is -1.57. The molecule has 0 radical (unpaired) electrons. The van der Waals surface area contributed by atoms with E-state index in [4.69, 9.17) is 5.11 Å². The van der Waals surface area contributed by atoms with Crippen LogP contribution in [0.3, 0.4) is 0 Å². The molecule has 1 atom stereocenters. The van der Waals surface area contributed by atoms with E-state index in [0.29, 0.717) is 0 Å². The van der Waals surface area contributed by atoms with Crippen LogP contribution in [0.4, 0.5) is 0 Å². The molecule has 0 bridgehead atoms. The molecule has 0 unspecified atom stereocenters. The van der Waals surface area contributed by atoms with Crippen LogP contribution >= 0.6 is 0 Å². The van der Waals surface area contributed by atoms with E-state index in [1.165, 1.54) is 0 Å². The van der Waals surface area contributed by atoms with E-state index in [0.717, 1.165) is 5.56 Å². The zero-order valence-corrected chi connectivity index (χ0v) is 7.73. The van der Waals surface area contributed by atoms with E-state index in [1.807, 2.05) is 30.3 Å². The smallest absolute Gasteiger partial charge is 0.310 e. The maximum Gasteiger partial charge on any atom is 0.310 e. The van der Waals surface area contributed by atoms with Crippen molar-refractivity contribution in [3.8, 4) is 0 Å². The van der Waals surface area contributed by atoms with E-state index in [-0.39, 0.29) is 0 Å². The third-order valence-electron chi connectivity index (χ3n) is 1.67. The Kier molecular flexibility index (Phi) is 5.28. The quantitative estimate of drug-likeness (QED) is 0.707. The van der Waals surface area contributed by atoms with Crippen LogP contribution in [0.2, 0.25) is 0 Å². The van der Waals surface area contributed by atoms with E-state index >= 15 is 0 Å². The van der Waals surface area contributed by atoms with Crippen molar-refractivity contribution in [2.75, 3.05) is 0 Å². The van der Waals surface area contributed by atoms with Gasteiger partial charge in [-0.25, -0.2) is 0 Å². The van der Waals surface area contributed by atoms with Gasteiger partial charge in [0, 0.05) is 0 Å². The fourth-order valence-electron chi connectivity index (χ4n) is 0.884. The monoisotopic (exact) mass is 178 g/mol. The van der Waals surface area contributed by atoms with Crippen LogP contribution in [0.5, 0.6) is 0 Å². The van der Waals surface area contributed by atoms with Gasteiger partial charge in [0.15, 0.2) is 0 Å². The molecule has 0 aliphatic carbocycles. The standard InChI is InChI=1S/C9H10O2.C2H4/c1-7(9(10)11)8-5-3-2-4-6-8;1-2/h2-7H,1H3,(H,10,11);1-2H2/t7-;/m0./s1. The molecule has 2 heteroatoms. The predicted molar refractivity (Wildman–Crippen MR) is 53.7 cm³/mol. The Morgan fingerprint density at radius 1 is 1.31 bits per heavy atom. The van der Waals surface area contributed by atoms with Crippen LogP contribution < -0.4 is 0 Å². The number of carbonyl (C=O) groups is 1. The number of benzene rings is 1. The Morgan fingerprint density at radius 3 is 2.15 bits per heavy atom. The molecular formula is C11H14O2. The lowest BCUT2D eigenvalue weighted by Crippen LogP contribution is -2.06. The van der Waals surface area contributed by atoms with Gasteiger partial charge in [-0.2, -0.15) is 0 Å². The van der Waals surface area contributed by atoms with Gasteiger partial charge in [0.25, 0.3) is 0 Å². The number of rotatable bonds is 2. The number of aliphatic carboxylic acids is 1. The SMILES string of the molecule is C=C.C[C@H](C(=O)O)c1ccccc1. The normalized spacial score (nSPS) is 10.8. The summed E-state index contributed by atoms with van der Waals surface area (Å²) >= 11 is 0. The lowest BCUT2D eigenvalue weighted by Gasteiger charge is -2.04. The van der Waals surface area contributed by atoms with Crippen molar-refractivity contribution in [3.63, 3.8) is 0 Å². The first-order valence-electron chi connectivity index (χ1n) is 3.99. The Bertz CT molecular complexity index is 254. The van der Waals surface area contributed by atoms with E-state index in [9.17, 15) is 4.79 Å². The van der Waals surface area contributed by atoms with Crippen LogP contribution in [0, 0.1) is 0 Å². The molecule has 0 aliphatic rings. The van der Waals surface area contributed by atoms with Crippen LogP contribution in [-0.2, 0) is 4.79 Å². The van der Waals surface area contributed by atoms with E-state index < -0.39 is 11.9 Å². The van der Waals surface area contributed by atoms with Gasteiger partial charge in [0.05, 0.1) is 5.92 Å². The van der Waals surface area contributed by atoms with Gasteiger partial charge in [-0.15, -0.1) is 13.2 Å². The molecule has 0 heterocycles. The van der Waals surface area contributed by atoms with Gasteiger partial charge in [0.1, 0.15) is 0 Å². The van der Waals surface area contributed by atoms with Gasteiger partial charge in [-0.1, -0.05) is 30.3 Å². The third kappa shape index (κ3) is 3.56. The highest BCUT2D eigenvalue weighted by Crippen LogP contribution is 2.13. The summed E-state index contributed by atoms with van der Waals surface area (Å²) in [5.74, 6) is -1.19. The molecule has 0 aromatic heterocycles. The molecule has 13 heavy (non-hydrogen) atoms. The molecule has 0 saturated carbocycles. The molecule has 0 amide bonds. The highest BCUT2D eigenvalue weighted by Gasteiger charge is 2.11. The Morgan fingerprint density at radius 2 is 1.77 bits per heavy atom. The number of carboxylic acid groups (broad SMARTS) is 1. The number of hydrogen-bond donors (Lipinski definition) is 1. The first-order chi connectivity index (χ1) is 6.22. The predicted octanol–water partition coefficient (Wildman–Crippen LogP) is 2.68. The highest BCUT2D eigenvalue weighted by atomic mass is 16.4. The van der Waals surface area contributed by atoms with Crippen molar-refractivity contribution < 1.29 is 9.90 Å². The topological polar surface area (TPSA) is 37.3 Å². The van der Waals surface area contributed by atoms with Crippen molar-refractivity contribution >= 4 is 5.97 Å². The molecule has 1 rings (SSSR count). The Labute approximate surface area is 78.5 Å². The van der Waals surface area contributed by atoms with Gasteiger partial charge in [-0.3, -0.25) is 4.79 Å². The maximum absolute atomic E-state index is 10.5. The first kappa shape index (κ1) is 11.4. The minimum absolute atomic E-state index is 0.406. The Balaban J connectivity index is 0.000000671. The number of carboxylic acids is 1. The average molecular weight is 178 g/mol. The van der Waals surface area contributed by atoms with Crippen LogP contribution in [-0.4, -0.2) is 11.1 Å². The second-order valence-corrected chi connectivity index (χ2v) is 2.47. The lowest BCUT2D eigenvalue weighted by molar-refractivity contribution is -0.138. The summed E-state index contributed by atoms with van der Waals surface area (Å²) in [5, 5.41) is 8.64. The van der Waals surface area contributed by atoms with Crippen molar-refractivity contribution in [1.29, 1.82) is 0 Å². The van der Waals surface area contributed by atoms with Gasteiger partial charge in [0.2, 0.25) is 0 Å². The first-order valence-corrected chi connectivity index (χ1v) is 3.99. The fourth-order valence-corrected chi connectivity index (χ4v) is 0.884. The van der Waals surface area contributed by atoms with Crippen molar-refractivity contribution in [3.05, 3.63) is 49.1 Å². The highest BCUT2D eigenvalue weighted by molar-refractivity contribution is 5.75. The second-order valence-electron chi connectivity index (χ2n) is 2.47. The number of hydrogen-bond acceptors (Lipinski definition) is 1. The maximum atomic E-state index is 10.5. The molecule has 0 fully saturated rings. The average Bonchev–Trinajstić information content (AvgIpc) is 2.21. The third-order valence-corrected chi connectivity index (χ3v) is 1.67. The minimum Gasteiger partial charge on any atom is -0.481 e. The summed E-state index contributed by atoms with van der Waals surface area (Å²) < 4.78 is 0. The fraction of sp³-hybridized carbons (Fsp3) is 0.182. The summed E-state index contributed by atoms with van der Waals surface area (Å²) in [7, 11) is 0. The van der Waals surface area contributed by atoms with Gasteiger partial charge >= 0.3 is 5.97 Å². The van der Waals surface area contributed by atoms with Crippen LogP contribution in [0.15, 0.2) is 43.5 Å². The van der Waals surface area contributed by atoms with Crippen LogP contribution in [0.1, 0.15) is 18.4 Å². The van der Waals surface area contributed by atoms with E-state index in [2.05, 4.69) is 13.2 Å². The molecule has 2 nitrogen and oxygen atoms in total. The summed E-state index contributed by atoms with van der Waals surface area (Å²) in [6.45, 7) is 7.68. The van der Waals surface area contributed by atoms with Crippen molar-refractivity contribution in [2.45, 2.75) is 12.8 Å². The molecule has 0 aliphatic heterocycles. The molecular weight excluding hydrogens is 164 g/mol. The molecule has 0 saturated heterocycles. The molecule has 70 valence electrons. The summed E-state index contributed by atoms with van der Waals surface area (Å²) in [6.07, 6.45) is 0. The van der Waals surface area contributed by atoms with Crippen LogP contribution in [0.25, 0.3) is 0 Å². The summed E-state index contributed by atoms with van der Waals surface area (Å²) in [4.78, 5) is 10.5.